The number of aryl methyl sites for hydroxylation is 9. The molecule has 14 rings (SSSR count). The first-order valence-electron chi connectivity index (χ1n) is 43.0. The van der Waals surface area contributed by atoms with Crippen LogP contribution in [0.3, 0.4) is 0 Å². The van der Waals surface area contributed by atoms with Gasteiger partial charge in [0, 0.05) is 66.5 Å². The zero-order valence-electron chi connectivity index (χ0n) is 75.7. The van der Waals surface area contributed by atoms with Crippen LogP contribution >= 0.6 is 0 Å². The smallest absolute Gasteiger partial charge is 0.397 e. The number of carbonyl (C=O) groups is 8. The zero-order valence-corrected chi connectivity index (χ0v) is 75.7. The Balaban J connectivity index is 0.000000171. The number of hydrogen-bond donors (Lipinski definition) is 11. The van der Waals surface area contributed by atoms with Crippen LogP contribution in [0.5, 0.6) is 11.5 Å². The molecule has 8 aromatic carbocycles. The molecule has 29 nitrogen and oxygen atoms in total. The molecule has 3 unspecified atom stereocenters. The Morgan fingerprint density at radius 3 is 1.15 bits per heavy atom. The molecule has 3 atom stereocenters. The van der Waals surface area contributed by atoms with Crippen LogP contribution in [0.4, 0.5) is 43.4 Å². The Hall–Kier alpha value is -15.1. The molecule has 5 heterocycles. The molecule has 0 bridgehead atoms. The van der Waals surface area contributed by atoms with Crippen LogP contribution in [-0.4, -0.2) is 134 Å². The van der Waals surface area contributed by atoms with Gasteiger partial charge >= 0.3 is 30.3 Å². The van der Waals surface area contributed by atoms with E-state index in [9.17, 15) is 80.0 Å². The summed E-state index contributed by atoms with van der Waals surface area (Å²) in [6.07, 6.45) is -4.64. The van der Waals surface area contributed by atoms with Gasteiger partial charge in [-0.1, -0.05) is 114 Å². The summed E-state index contributed by atoms with van der Waals surface area (Å²) in [6, 6.07) is 46.7. The van der Waals surface area contributed by atoms with Crippen molar-refractivity contribution in [3.63, 3.8) is 0 Å². The topological polar surface area (TPSA) is 425 Å². The molecule has 0 saturated carbocycles. The molecule has 1 aliphatic carbocycles. The summed E-state index contributed by atoms with van der Waals surface area (Å²) in [5, 5.41) is 60.8. The summed E-state index contributed by atoms with van der Waals surface area (Å²) in [4.78, 5) is 98.2. The van der Waals surface area contributed by atoms with Gasteiger partial charge in [-0.15, -0.1) is 0 Å². The number of anilines is 3. The first-order valence-corrected chi connectivity index (χ1v) is 43.0. The van der Waals surface area contributed by atoms with Gasteiger partial charge in [-0.05, 0) is 232 Å². The van der Waals surface area contributed by atoms with Gasteiger partial charge in [-0.3, -0.25) is 24.0 Å². The van der Waals surface area contributed by atoms with Gasteiger partial charge in [0.05, 0.1) is 76.3 Å². The fourth-order valence-electron chi connectivity index (χ4n) is 15.3. The normalized spacial score (nSPS) is 13.1. The van der Waals surface area contributed by atoms with Crippen LogP contribution < -0.4 is 53.3 Å². The SMILES string of the molecule is CCOc1cc(CNC(=O)c2cc(C)ccc2C)ccc1-n1nc(C(C)C(F)(F)F)c(N)c1C(=O)O.CCOc1cc(CNC(=O)c2cc(C)ccc2C)ccc1-n1nc2c(c1C(N)=O)CCCC2.Cc1ccc(C)c(C(=O)NCc2ccc(-n3nc(C(C)C(F)(F)F)c(N)c3C(=O)O)cc2)c1.Cc1ccc(C)c(C(=O)NCc2ccc(-n3nc4c(c3C(=O)O)NCCC4C)cc2)c1. The highest BCUT2D eigenvalue weighted by Gasteiger charge is 2.44. The number of nitrogens with zero attached hydrogens (tertiary/aromatic N) is 8. The summed E-state index contributed by atoms with van der Waals surface area (Å²) in [6.45, 7) is 25.1. The molecule has 0 saturated heterocycles. The lowest BCUT2D eigenvalue weighted by atomic mass is 9.96. The number of hydrogen-bond acceptors (Lipinski definition) is 17. The number of carbonyl (C=O) groups excluding carboxylic acids is 5. The van der Waals surface area contributed by atoms with Gasteiger partial charge in [-0.25, -0.2) is 33.1 Å². The van der Waals surface area contributed by atoms with E-state index in [4.69, 9.17) is 31.8 Å². The second-order valence-corrected chi connectivity index (χ2v) is 32.8. The van der Waals surface area contributed by atoms with Crippen LogP contribution in [0.1, 0.15) is 250 Å². The fourth-order valence-corrected chi connectivity index (χ4v) is 15.3. The average molecular weight is 1830 g/mol. The van der Waals surface area contributed by atoms with E-state index in [1.165, 1.54) is 22.9 Å². The number of aromatic nitrogens is 8. The molecule has 133 heavy (non-hydrogen) atoms. The third kappa shape index (κ3) is 23.2. The number of carboxylic acid groups (broad SMARTS) is 3. The number of amides is 5. The van der Waals surface area contributed by atoms with Crippen molar-refractivity contribution in [2.75, 3.05) is 36.5 Å². The molecule has 698 valence electrons. The number of nitrogens with one attached hydrogen (secondary N) is 5. The van der Waals surface area contributed by atoms with Crippen molar-refractivity contribution in [2.24, 2.45) is 5.73 Å². The molecular weight excluding hydrogens is 1720 g/mol. The minimum atomic E-state index is -4.66. The number of benzene rings is 8. The second-order valence-electron chi connectivity index (χ2n) is 32.8. The van der Waals surface area contributed by atoms with Crippen LogP contribution in [0.15, 0.2) is 158 Å². The fraction of sp³-hybridized carbons (Fsp3) is 0.306. The molecule has 12 aromatic rings. The lowest BCUT2D eigenvalue weighted by molar-refractivity contribution is -0.147. The Bertz CT molecular complexity index is 6390. The number of carboxylic acids is 3. The largest absolute Gasteiger partial charge is 0.492 e. The Labute approximate surface area is 763 Å². The highest BCUT2D eigenvalue weighted by molar-refractivity contribution is 5.99. The van der Waals surface area contributed by atoms with Crippen molar-refractivity contribution in [3.05, 3.63) is 298 Å². The summed E-state index contributed by atoms with van der Waals surface area (Å²) in [7, 11) is 0. The third-order valence-corrected chi connectivity index (χ3v) is 22.8. The number of nitrogens with two attached hydrogens (primary N) is 3. The highest BCUT2D eigenvalue weighted by atomic mass is 19.4. The average Bonchev–Trinajstić information content (AvgIpc) is 1.64. The van der Waals surface area contributed by atoms with Crippen molar-refractivity contribution in [2.45, 2.75) is 178 Å². The maximum atomic E-state index is 13.3. The molecule has 0 fully saturated rings. The Kier molecular flexibility index (Phi) is 31.3. The number of aromatic carboxylic acids is 3. The first kappa shape index (κ1) is 98.5. The lowest BCUT2D eigenvalue weighted by Crippen LogP contribution is -2.24. The van der Waals surface area contributed by atoms with Crippen molar-refractivity contribution in [1.29, 1.82) is 0 Å². The van der Waals surface area contributed by atoms with Gasteiger partial charge in [0.1, 0.15) is 28.6 Å². The monoisotopic (exact) mass is 1830 g/mol. The Morgan fingerprint density at radius 1 is 0.451 bits per heavy atom. The number of rotatable bonds is 26. The van der Waals surface area contributed by atoms with Gasteiger partial charge in [0.15, 0.2) is 17.1 Å². The van der Waals surface area contributed by atoms with E-state index in [1.54, 1.807) is 48.0 Å². The van der Waals surface area contributed by atoms with Crippen LogP contribution in [-0.2, 0) is 39.0 Å². The zero-order chi connectivity index (χ0) is 96.9. The summed E-state index contributed by atoms with van der Waals surface area (Å²) in [5.41, 5.74) is 32.5. The third-order valence-electron chi connectivity index (χ3n) is 22.8. The lowest BCUT2D eigenvalue weighted by Gasteiger charge is -2.18. The van der Waals surface area contributed by atoms with Gasteiger partial charge in [0.2, 0.25) is 0 Å². The van der Waals surface area contributed by atoms with E-state index in [0.717, 1.165) is 134 Å². The number of primary amides is 1. The van der Waals surface area contributed by atoms with Crippen molar-refractivity contribution in [3.8, 4) is 34.2 Å². The molecular formula is C98H106F6N16O13. The number of ether oxygens (including phenoxy) is 2. The quantitative estimate of drug-likeness (QED) is 0.0224. The van der Waals surface area contributed by atoms with Crippen LogP contribution in [0, 0.1) is 55.4 Å². The summed E-state index contributed by atoms with van der Waals surface area (Å²) < 4.78 is 95.8. The first-order chi connectivity index (χ1) is 63.0. The Morgan fingerprint density at radius 2 is 0.789 bits per heavy atom. The molecule has 0 spiro atoms. The van der Waals surface area contributed by atoms with E-state index in [1.807, 2.05) is 165 Å². The van der Waals surface area contributed by atoms with E-state index in [2.05, 4.69) is 48.8 Å². The number of nitrogen functional groups attached to an aromatic ring is 2. The number of fused-ring (bicyclic) bond motifs is 2. The maximum Gasteiger partial charge on any atom is 0.397 e. The molecule has 4 aromatic heterocycles. The van der Waals surface area contributed by atoms with E-state index >= 15 is 0 Å². The molecule has 1 aliphatic heterocycles. The van der Waals surface area contributed by atoms with Crippen LogP contribution in [0.25, 0.3) is 22.7 Å². The molecule has 35 heteroatoms. The second kappa shape index (κ2) is 42.2. The summed E-state index contributed by atoms with van der Waals surface area (Å²) >= 11 is 0. The molecule has 5 amide bonds. The van der Waals surface area contributed by atoms with Crippen LogP contribution in [0.2, 0.25) is 0 Å². The molecule has 2 aliphatic rings. The van der Waals surface area contributed by atoms with Crippen molar-refractivity contribution < 1.29 is 89.5 Å². The van der Waals surface area contributed by atoms with Crippen molar-refractivity contribution >= 4 is 64.5 Å². The molecule has 14 N–H and O–H groups in total. The minimum Gasteiger partial charge on any atom is -0.492 e. The van der Waals surface area contributed by atoms with Crippen molar-refractivity contribution in [1.82, 2.24) is 60.4 Å². The predicted octanol–water partition coefficient (Wildman–Crippen LogP) is 17.0. The molecule has 0 radical (unpaired) electrons. The van der Waals surface area contributed by atoms with E-state index in [-0.39, 0.29) is 72.1 Å². The number of halogens is 6. The minimum absolute atomic E-state index is 0.103. The number of alkyl halides is 6. The van der Waals surface area contributed by atoms with Gasteiger partial charge in [0.25, 0.3) is 29.5 Å². The predicted molar refractivity (Wildman–Crippen MR) is 490 cm³/mol. The van der Waals surface area contributed by atoms with Gasteiger partial charge in [-0.2, -0.15) is 46.7 Å². The summed E-state index contributed by atoms with van der Waals surface area (Å²) in [5.74, 6) is -8.40. The standard InChI is InChI=1S/C26H30N4O3.C25H27F3N4O4.C24H26N4O3.C23H23F3N4O3/c1-4-33-23-14-18(15-28-26(32)20-13-16(2)9-10-17(20)3)11-12-22(23)30-24(25(27)31)19-7-5-6-8-21(19)29-30;1-5-36-19-11-16(12-30-23(33)17-10-13(2)6-7-14(17)3)8-9-18(19)32-22(24(34)35)20(29)21(31-32)15(4)25(26,27)28;1-14-4-5-15(2)19(12-14)23(29)26-13-17-6-8-18(9-7-17)28-22(24(30)31)21-20(27-28)16(3)10-11-25-21;1-12-4-5-13(2)17(10-12)21(31)28-11-15-6-8-16(9-7-15)30-20(22(32)33)18(27)19(29-30)14(3)23(24,25)26/h9-14H,4-8,15H2,1-3H3,(H2,27,31)(H,28,32);6-11,15H,5,12,29H2,1-4H3,(H,30,33)(H,34,35);4-9,12,16,25H,10-11,13H2,1-3H3,(H,26,29)(H,30,31);4-10,14H,11,27H2,1-3H3,(H,28,31)(H,32,33). The van der Waals surface area contributed by atoms with E-state index < -0.39 is 82.2 Å². The van der Waals surface area contributed by atoms with Gasteiger partial charge < -0.3 is 68.6 Å². The maximum absolute atomic E-state index is 13.3. The van der Waals surface area contributed by atoms with E-state index in [0.29, 0.717) is 81.6 Å². The highest BCUT2D eigenvalue weighted by Crippen LogP contribution is 2.42.